The van der Waals surface area contributed by atoms with Crippen LogP contribution in [0.1, 0.15) is 41.5 Å². The van der Waals surface area contributed by atoms with Gasteiger partial charge in [0.05, 0.1) is 19.4 Å². The topological polar surface area (TPSA) is 63.5 Å². The molecule has 6 nitrogen and oxygen atoms in total. The first-order chi connectivity index (χ1) is 14.4. The average molecular weight is 493 g/mol. The summed E-state index contributed by atoms with van der Waals surface area (Å²) >= 11 is 0. The lowest BCUT2D eigenvalue weighted by molar-refractivity contribution is -0.154. The normalized spacial score (nSPS) is 30.1. The van der Waals surface area contributed by atoms with Gasteiger partial charge in [-0.05, 0) is 36.3 Å². The summed E-state index contributed by atoms with van der Waals surface area (Å²) in [7, 11) is -4.66. The second-order valence-corrected chi connectivity index (χ2v) is 21.6. The molecule has 0 aliphatic carbocycles. The Balaban J connectivity index is 2.42. The van der Waals surface area contributed by atoms with Crippen LogP contribution in [0.5, 0.6) is 0 Å². The van der Waals surface area contributed by atoms with E-state index in [-0.39, 0.29) is 23.4 Å². The Hall–Kier alpha value is -0.656. The smallest absolute Gasteiger partial charge is 0.192 e. The van der Waals surface area contributed by atoms with E-state index >= 15 is 4.39 Å². The second-order valence-electron chi connectivity index (χ2n) is 12.0. The van der Waals surface area contributed by atoms with Crippen LogP contribution < -0.4 is 0 Å². The van der Waals surface area contributed by atoms with E-state index in [9.17, 15) is 9.50 Å². The van der Waals surface area contributed by atoms with Gasteiger partial charge in [-0.25, -0.2) is 8.78 Å². The van der Waals surface area contributed by atoms with Gasteiger partial charge in [-0.2, -0.15) is 0 Å². The van der Waals surface area contributed by atoms with E-state index in [1.54, 1.807) is 0 Å². The highest BCUT2D eigenvalue weighted by molar-refractivity contribution is 6.74. The highest BCUT2D eigenvalue weighted by Crippen LogP contribution is 2.45. The molecule has 4 atom stereocenters. The predicted octanol–water partition coefficient (Wildman–Crippen LogP) is 4.98. The van der Waals surface area contributed by atoms with Gasteiger partial charge in [0.15, 0.2) is 34.9 Å². The molecule has 1 saturated heterocycles. The number of hydrogen-bond acceptors (Lipinski definition) is 6. The Morgan fingerprint density at radius 2 is 1.72 bits per heavy atom. The molecule has 186 valence electrons. The van der Waals surface area contributed by atoms with Crippen molar-refractivity contribution in [2.24, 2.45) is 4.99 Å². The predicted molar refractivity (Wildman–Crippen MR) is 129 cm³/mol. The Kier molecular flexibility index (Phi) is 7.92. The first-order valence-corrected chi connectivity index (χ1v) is 17.1. The number of aliphatic imine (C=N–C) groups is 1. The van der Waals surface area contributed by atoms with Gasteiger partial charge in [-0.15, -0.1) is 0 Å². The van der Waals surface area contributed by atoms with Gasteiger partial charge in [-0.3, -0.25) is 4.99 Å². The fraction of sp³-hybridized carbons (Fsp3) is 0.864. The maximum absolute atomic E-state index is 16.0. The van der Waals surface area contributed by atoms with Crippen molar-refractivity contribution in [3.63, 3.8) is 0 Å². The molecule has 1 fully saturated rings. The molecule has 0 spiro atoms. The highest BCUT2D eigenvalue weighted by Gasteiger charge is 2.61. The molecular weight excluding hydrogens is 450 g/mol. The van der Waals surface area contributed by atoms with E-state index in [2.05, 4.69) is 59.6 Å². The number of allylic oxidation sites excluding steroid dienone is 1. The second kappa shape index (κ2) is 9.18. The van der Waals surface area contributed by atoms with Crippen LogP contribution in [0.25, 0.3) is 0 Å². The fourth-order valence-electron chi connectivity index (χ4n) is 3.15. The van der Waals surface area contributed by atoms with E-state index in [0.29, 0.717) is 0 Å². The molecule has 0 amide bonds. The Bertz CT molecular complexity index is 734. The highest BCUT2D eigenvalue weighted by atomic mass is 28.4. The third-order valence-corrected chi connectivity index (χ3v) is 16.4. The summed E-state index contributed by atoms with van der Waals surface area (Å²) in [6, 6.07) is 0. The SMILES string of the molecule is CC(C)(C)[Si](C)(C)OC[C@@]1(CO)O[C@@H](N2C=C(F)C=NC2)[C@@H](F)[C@@H]1O[Si](C)(C)C(C)(C)C. The Morgan fingerprint density at radius 1 is 1.16 bits per heavy atom. The van der Waals surface area contributed by atoms with Crippen LogP contribution in [0.2, 0.25) is 36.3 Å². The molecule has 2 aliphatic rings. The van der Waals surface area contributed by atoms with Gasteiger partial charge in [0.25, 0.3) is 0 Å². The Labute approximate surface area is 194 Å². The molecule has 0 unspecified atom stereocenters. The van der Waals surface area contributed by atoms with E-state index in [4.69, 9.17) is 13.6 Å². The van der Waals surface area contributed by atoms with Crippen molar-refractivity contribution in [2.45, 2.75) is 102 Å². The van der Waals surface area contributed by atoms with Crippen molar-refractivity contribution in [2.75, 3.05) is 19.9 Å². The van der Waals surface area contributed by atoms with Gasteiger partial charge in [0, 0.05) is 6.20 Å². The molecule has 0 aromatic carbocycles. The molecule has 0 aromatic rings. The number of ether oxygens (including phenoxy) is 1. The van der Waals surface area contributed by atoms with Crippen molar-refractivity contribution in [3.05, 3.63) is 12.0 Å². The van der Waals surface area contributed by atoms with Crippen LogP contribution in [0, 0.1) is 0 Å². The monoisotopic (exact) mass is 492 g/mol. The molecule has 0 saturated carbocycles. The van der Waals surface area contributed by atoms with Crippen LogP contribution in [0.3, 0.4) is 0 Å². The minimum Gasteiger partial charge on any atom is -0.414 e. The molecule has 10 heteroatoms. The number of rotatable bonds is 7. The van der Waals surface area contributed by atoms with Gasteiger partial charge in [-0.1, -0.05) is 41.5 Å². The fourth-order valence-corrected chi connectivity index (χ4v) is 5.52. The van der Waals surface area contributed by atoms with E-state index in [1.165, 1.54) is 11.1 Å². The third-order valence-electron chi connectivity index (χ3n) is 7.49. The number of nitrogens with zero attached hydrogens (tertiary/aromatic N) is 2. The minimum atomic E-state index is -2.43. The van der Waals surface area contributed by atoms with E-state index in [0.717, 1.165) is 6.21 Å². The zero-order chi connectivity index (χ0) is 24.8. The van der Waals surface area contributed by atoms with Gasteiger partial charge < -0.3 is 23.6 Å². The zero-order valence-electron chi connectivity index (χ0n) is 21.3. The van der Waals surface area contributed by atoms with Crippen LogP contribution in [-0.2, 0) is 13.6 Å². The molecule has 2 heterocycles. The van der Waals surface area contributed by atoms with Crippen molar-refractivity contribution in [1.29, 1.82) is 0 Å². The lowest BCUT2D eigenvalue weighted by Crippen LogP contribution is -2.58. The minimum absolute atomic E-state index is 0.000490. The first-order valence-electron chi connectivity index (χ1n) is 11.2. The summed E-state index contributed by atoms with van der Waals surface area (Å²) in [4.78, 5) is 5.32. The average Bonchev–Trinajstić information content (AvgIpc) is 2.91. The number of aliphatic hydroxyl groups is 1. The molecule has 2 rings (SSSR count). The maximum Gasteiger partial charge on any atom is 0.192 e. The van der Waals surface area contributed by atoms with Crippen molar-refractivity contribution in [1.82, 2.24) is 4.90 Å². The quantitative estimate of drug-likeness (QED) is 0.508. The molecule has 0 bridgehead atoms. The van der Waals surface area contributed by atoms with Crippen LogP contribution >= 0.6 is 0 Å². The Morgan fingerprint density at radius 3 is 2.19 bits per heavy atom. The van der Waals surface area contributed by atoms with E-state index in [1.807, 2.05) is 13.1 Å². The largest absolute Gasteiger partial charge is 0.414 e. The molecule has 1 N–H and O–H groups in total. The zero-order valence-corrected chi connectivity index (χ0v) is 23.3. The first kappa shape index (κ1) is 27.6. The van der Waals surface area contributed by atoms with Gasteiger partial charge >= 0.3 is 0 Å². The third kappa shape index (κ3) is 5.52. The lowest BCUT2D eigenvalue weighted by atomic mass is 9.98. The number of aliphatic hydroxyl groups excluding tert-OH is 1. The van der Waals surface area contributed by atoms with E-state index < -0.39 is 53.2 Å². The number of alkyl halides is 1. The standard InChI is InChI=1S/C22H42F2N2O4Si2/c1-20(2,3)31(7,8)28-14-22(13-27)18(30-32(9,10)21(4,5)6)17(24)19(29-22)26-12-16(23)11-25-15-26/h11-12,17-19,27H,13-15H2,1-10H3/t17-,18-,19+,22+/m0/s1. The lowest BCUT2D eigenvalue weighted by Gasteiger charge is -2.44. The molecule has 0 radical (unpaired) electrons. The summed E-state index contributed by atoms with van der Waals surface area (Å²) in [6.07, 6.45) is -1.51. The number of hydrogen-bond donors (Lipinski definition) is 1. The van der Waals surface area contributed by atoms with Crippen LogP contribution in [-0.4, -0.2) is 76.8 Å². The van der Waals surface area contributed by atoms with Crippen LogP contribution in [0.15, 0.2) is 17.0 Å². The van der Waals surface area contributed by atoms with Gasteiger partial charge in [0.1, 0.15) is 18.4 Å². The number of halogens is 2. The van der Waals surface area contributed by atoms with Crippen molar-refractivity contribution >= 4 is 22.8 Å². The van der Waals surface area contributed by atoms with Gasteiger partial charge in [0.2, 0.25) is 0 Å². The van der Waals surface area contributed by atoms with Crippen molar-refractivity contribution in [3.8, 4) is 0 Å². The molecular formula is C22H42F2N2O4Si2. The molecule has 0 aromatic heterocycles. The summed E-state index contributed by atoms with van der Waals surface area (Å²) < 4.78 is 48.9. The molecule has 32 heavy (non-hydrogen) atoms. The summed E-state index contributed by atoms with van der Waals surface area (Å²) in [5.41, 5.74) is -1.40. The van der Waals surface area contributed by atoms with Crippen molar-refractivity contribution < 1.29 is 27.5 Å². The van der Waals surface area contributed by atoms with Crippen LogP contribution in [0.4, 0.5) is 8.78 Å². The summed E-state index contributed by atoms with van der Waals surface area (Å²) in [5.74, 6) is -0.576. The molecule has 2 aliphatic heterocycles. The summed E-state index contributed by atoms with van der Waals surface area (Å²) in [5, 5.41) is 10.3. The summed E-state index contributed by atoms with van der Waals surface area (Å²) in [6.45, 7) is 20.4. The maximum atomic E-state index is 16.0.